The Balaban J connectivity index is 1.97. The molecule has 0 aliphatic heterocycles. The lowest BCUT2D eigenvalue weighted by Crippen LogP contribution is -2.28. The Labute approximate surface area is 111 Å². The molecule has 0 aromatic heterocycles. The maximum atomic E-state index is 13.7. The predicted octanol–water partition coefficient (Wildman–Crippen LogP) is 3.51. The van der Waals surface area contributed by atoms with Crippen LogP contribution in [-0.4, -0.2) is 11.9 Å². The van der Waals surface area contributed by atoms with Gasteiger partial charge in [0.2, 0.25) is 0 Å². The van der Waals surface area contributed by atoms with Crippen LogP contribution in [0.4, 0.5) is 4.39 Å². The highest BCUT2D eigenvalue weighted by Gasteiger charge is 2.46. The summed E-state index contributed by atoms with van der Waals surface area (Å²) in [6.45, 7) is 4.25. The molecule has 0 spiro atoms. The fourth-order valence-electron chi connectivity index (χ4n) is 2.41. The van der Waals surface area contributed by atoms with E-state index in [0.717, 1.165) is 6.42 Å². The molecule has 0 saturated heterocycles. The Morgan fingerprint density at radius 1 is 1.21 bits per heavy atom. The first-order chi connectivity index (χ1) is 8.99. The first-order valence-corrected chi connectivity index (χ1v) is 6.47. The number of carbonyl (C=O) groups is 1. The van der Waals surface area contributed by atoms with Crippen LogP contribution in [0.2, 0.25) is 0 Å². The zero-order valence-corrected chi connectivity index (χ0v) is 11.0. The fraction of sp³-hybridized carbons (Fsp3) is 0.312. The molecular formula is C16H16FNO. The van der Waals surface area contributed by atoms with Crippen LogP contribution in [0.25, 0.3) is 10.8 Å². The normalized spacial score (nSPS) is 20.3. The molecule has 3 rings (SSSR count). The van der Waals surface area contributed by atoms with Gasteiger partial charge in [-0.15, -0.1) is 0 Å². The van der Waals surface area contributed by atoms with Crippen molar-refractivity contribution in [2.45, 2.75) is 26.3 Å². The van der Waals surface area contributed by atoms with Crippen LogP contribution in [0.15, 0.2) is 36.4 Å². The van der Waals surface area contributed by atoms with Gasteiger partial charge in [0.05, 0.1) is 0 Å². The number of hydrogen-bond donors (Lipinski definition) is 1. The van der Waals surface area contributed by atoms with Gasteiger partial charge in [-0.2, -0.15) is 0 Å². The second-order valence-electron chi connectivity index (χ2n) is 5.86. The van der Waals surface area contributed by atoms with Crippen molar-refractivity contribution in [3.63, 3.8) is 0 Å². The summed E-state index contributed by atoms with van der Waals surface area (Å²) in [6.07, 6.45) is 0.998. The second-order valence-corrected chi connectivity index (χ2v) is 5.86. The molecule has 1 aliphatic rings. The number of benzene rings is 2. The van der Waals surface area contributed by atoms with Crippen molar-refractivity contribution >= 4 is 16.7 Å². The van der Waals surface area contributed by atoms with Crippen molar-refractivity contribution in [2.24, 2.45) is 5.41 Å². The fourth-order valence-corrected chi connectivity index (χ4v) is 2.41. The molecule has 1 fully saturated rings. The van der Waals surface area contributed by atoms with Crippen molar-refractivity contribution in [2.75, 3.05) is 0 Å². The smallest absolute Gasteiger partial charge is 0.252 e. The molecule has 0 radical (unpaired) electrons. The van der Waals surface area contributed by atoms with Gasteiger partial charge in [0, 0.05) is 17.0 Å². The molecule has 1 aliphatic carbocycles. The van der Waals surface area contributed by atoms with Gasteiger partial charge in [-0.1, -0.05) is 38.1 Å². The van der Waals surface area contributed by atoms with Crippen LogP contribution in [0.1, 0.15) is 30.6 Å². The lowest BCUT2D eigenvalue weighted by atomic mass is 10.0. The van der Waals surface area contributed by atoms with Crippen LogP contribution in [0.5, 0.6) is 0 Å². The van der Waals surface area contributed by atoms with E-state index in [0.29, 0.717) is 16.3 Å². The second kappa shape index (κ2) is 4.05. The summed E-state index contributed by atoms with van der Waals surface area (Å²) >= 11 is 0. The van der Waals surface area contributed by atoms with Gasteiger partial charge in [-0.3, -0.25) is 4.79 Å². The number of halogens is 1. The first-order valence-electron chi connectivity index (χ1n) is 6.47. The molecule has 1 atom stereocenters. The minimum atomic E-state index is -0.293. The Kier molecular flexibility index (Phi) is 2.59. The van der Waals surface area contributed by atoms with E-state index in [1.165, 1.54) is 6.07 Å². The van der Waals surface area contributed by atoms with Crippen molar-refractivity contribution in [3.05, 3.63) is 47.8 Å². The van der Waals surface area contributed by atoms with E-state index >= 15 is 0 Å². The van der Waals surface area contributed by atoms with Crippen LogP contribution < -0.4 is 5.32 Å². The average molecular weight is 257 g/mol. The molecule has 1 saturated carbocycles. The average Bonchev–Trinajstić information content (AvgIpc) is 2.97. The van der Waals surface area contributed by atoms with E-state index in [4.69, 9.17) is 0 Å². The number of rotatable bonds is 2. The topological polar surface area (TPSA) is 29.1 Å². The first kappa shape index (κ1) is 12.2. The highest BCUT2D eigenvalue weighted by atomic mass is 19.1. The van der Waals surface area contributed by atoms with Crippen molar-refractivity contribution < 1.29 is 9.18 Å². The standard InChI is InChI=1S/C16H16FNO/c1-16(2)9-14(16)18-15(19)12-7-8-13(17)11-6-4-3-5-10(11)12/h3-8,14H,9H2,1-2H3,(H,18,19). The van der Waals surface area contributed by atoms with E-state index < -0.39 is 0 Å². The molecule has 3 heteroatoms. The molecule has 2 nitrogen and oxygen atoms in total. The lowest BCUT2D eigenvalue weighted by molar-refractivity contribution is 0.0948. The van der Waals surface area contributed by atoms with Gasteiger partial charge in [-0.05, 0) is 29.4 Å². The zero-order chi connectivity index (χ0) is 13.6. The molecule has 0 bridgehead atoms. The summed E-state index contributed by atoms with van der Waals surface area (Å²) in [5.74, 6) is -0.411. The summed E-state index contributed by atoms with van der Waals surface area (Å²) in [7, 11) is 0. The summed E-state index contributed by atoms with van der Waals surface area (Å²) in [6, 6.07) is 10.2. The van der Waals surface area contributed by atoms with Crippen molar-refractivity contribution in [1.82, 2.24) is 5.32 Å². The van der Waals surface area contributed by atoms with Crippen LogP contribution in [-0.2, 0) is 0 Å². The van der Waals surface area contributed by atoms with Crippen LogP contribution >= 0.6 is 0 Å². The largest absolute Gasteiger partial charge is 0.349 e. The van der Waals surface area contributed by atoms with Gasteiger partial charge in [-0.25, -0.2) is 4.39 Å². The third-order valence-corrected chi connectivity index (χ3v) is 3.93. The van der Waals surface area contributed by atoms with Crippen molar-refractivity contribution in [1.29, 1.82) is 0 Å². The van der Waals surface area contributed by atoms with E-state index in [1.54, 1.807) is 24.3 Å². The highest BCUT2D eigenvalue weighted by Crippen LogP contribution is 2.44. The summed E-state index contributed by atoms with van der Waals surface area (Å²) in [5.41, 5.74) is 0.727. The maximum Gasteiger partial charge on any atom is 0.252 e. The quantitative estimate of drug-likeness (QED) is 0.876. The van der Waals surface area contributed by atoms with Crippen LogP contribution in [0.3, 0.4) is 0 Å². The minimum Gasteiger partial charge on any atom is -0.349 e. The Hall–Kier alpha value is -1.90. The third kappa shape index (κ3) is 2.09. The molecule has 19 heavy (non-hydrogen) atoms. The van der Waals surface area contributed by atoms with E-state index in [9.17, 15) is 9.18 Å². The molecule has 0 heterocycles. The van der Waals surface area contributed by atoms with Gasteiger partial charge < -0.3 is 5.32 Å². The molecule has 1 unspecified atom stereocenters. The summed E-state index contributed by atoms with van der Waals surface area (Å²) < 4.78 is 13.7. The number of nitrogens with one attached hydrogen (secondary N) is 1. The Bertz CT molecular complexity index is 663. The maximum absolute atomic E-state index is 13.7. The van der Waals surface area contributed by atoms with Gasteiger partial charge in [0.1, 0.15) is 5.82 Å². The lowest BCUT2D eigenvalue weighted by Gasteiger charge is -2.09. The molecule has 1 N–H and O–H groups in total. The Morgan fingerprint density at radius 2 is 1.84 bits per heavy atom. The molecule has 98 valence electrons. The minimum absolute atomic E-state index is 0.119. The third-order valence-electron chi connectivity index (χ3n) is 3.93. The van der Waals surface area contributed by atoms with E-state index in [-0.39, 0.29) is 23.2 Å². The SMILES string of the molecule is CC1(C)CC1NC(=O)c1ccc(F)c2ccccc12. The molecule has 2 aromatic carbocycles. The van der Waals surface area contributed by atoms with Crippen molar-refractivity contribution in [3.8, 4) is 0 Å². The number of amides is 1. The van der Waals surface area contributed by atoms with E-state index in [2.05, 4.69) is 19.2 Å². The summed E-state index contributed by atoms with van der Waals surface area (Å²) in [4.78, 5) is 12.3. The Morgan fingerprint density at radius 3 is 2.47 bits per heavy atom. The number of fused-ring (bicyclic) bond motifs is 1. The zero-order valence-electron chi connectivity index (χ0n) is 11.0. The highest BCUT2D eigenvalue weighted by molar-refractivity contribution is 6.07. The van der Waals surface area contributed by atoms with Crippen LogP contribution in [0, 0.1) is 11.2 Å². The monoisotopic (exact) mass is 257 g/mol. The van der Waals surface area contributed by atoms with Gasteiger partial charge in [0.15, 0.2) is 0 Å². The molecule has 1 amide bonds. The molecule has 2 aromatic rings. The predicted molar refractivity (Wildman–Crippen MR) is 73.6 cm³/mol. The van der Waals surface area contributed by atoms with E-state index in [1.807, 2.05) is 6.07 Å². The molecular weight excluding hydrogens is 241 g/mol. The number of carbonyl (C=O) groups excluding carboxylic acids is 1. The van der Waals surface area contributed by atoms with Gasteiger partial charge in [0.25, 0.3) is 5.91 Å². The van der Waals surface area contributed by atoms with Gasteiger partial charge >= 0.3 is 0 Å². The summed E-state index contributed by atoms with van der Waals surface area (Å²) in [5, 5.41) is 4.17. The number of hydrogen-bond acceptors (Lipinski definition) is 1.